The van der Waals surface area contributed by atoms with Crippen molar-refractivity contribution in [2.24, 2.45) is 0 Å². The van der Waals surface area contributed by atoms with E-state index < -0.39 is 7.60 Å². The summed E-state index contributed by atoms with van der Waals surface area (Å²) in [5.41, 5.74) is 7.18. The zero-order valence-corrected chi connectivity index (χ0v) is 12.2. The van der Waals surface area contributed by atoms with Gasteiger partial charge in [-0.15, -0.1) is 0 Å². The second-order valence-corrected chi connectivity index (χ2v) is 5.72. The maximum Gasteiger partial charge on any atom is 0.367 e. The zero-order chi connectivity index (χ0) is 14.3. The molecule has 19 heavy (non-hydrogen) atoms. The fourth-order valence-corrected chi connectivity index (χ4v) is 2.79. The lowest BCUT2D eigenvalue weighted by atomic mass is 10.2. The highest BCUT2D eigenvalue weighted by Crippen LogP contribution is 2.48. The second-order valence-electron chi connectivity index (χ2n) is 3.72. The maximum absolute atomic E-state index is 12.2. The Kier molecular flexibility index (Phi) is 6.09. The third kappa shape index (κ3) is 4.71. The molecule has 0 aliphatic carbocycles. The van der Waals surface area contributed by atoms with Gasteiger partial charge in [0, 0.05) is 0 Å². The van der Waals surface area contributed by atoms with E-state index >= 15 is 0 Å². The first-order valence-electron chi connectivity index (χ1n) is 6.07. The minimum absolute atomic E-state index is 0.160. The van der Waals surface area contributed by atoms with Crippen molar-refractivity contribution in [3.63, 3.8) is 0 Å². The third-order valence-corrected chi connectivity index (χ3v) is 4.05. The van der Waals surface area contributed by atoms with Crippen LogP contribution in [0.3, 0.4) is 0 Å². The first-order valence-corrected chi connectivity index (χ1v) is 7.80. The number of nitrogens with two attached hydrogens (primary N) is 1. The molecule has 6 heteroatoms. The van der Waals surface area contributed by atoms with E-state index in [0.717, 1.165) is 5.56 Å². The summed E-state index contributed by atoms with van der Waals surface area (Å²) in [5.74, 6) is 0.449. The summed E-state index contributed by atoms with van der Waals surface area (Å²) in [6, 6.07) is 5.24. The minimum Gasteiger partial charge on any atom is -0.479 e. The summed E-state index contributed by atoms with van der Waals surface area (Å²) in [6.07, 6.45) is 1.53. The van der Waals surface area contributed by atoms with Crippen molar-refractivity contribution >= 4 is 19.4 Å². The van der Waals surface area contributed by atoms with Gasteiger partial charge in [-0.3, -0.25) is 4.57 Å². The average molecular weight is 285 g/mol. The highest BCUT2D eigenvalue weighted by atomic mass is 31.2. The van der Waals surface area contributed by atoms with Crippen LogP contribution >= 0.6 is 7.60 Å². The SMILES string of the molecule is C=Cc1ccc(OCP(=O)(OCC)OCC)c(N)c1. The molecule has 2 N–H and O–H groups in total. The number of nitrogen functional groups attached to an aromatic ring is 1. The van der Waals surface area contributed by atoms with Crippen LogP contribution < -0.4 is 10.5 Å². The highest BCUT2D eigenvalue weighted by molar-refractivity contribution is 7.53. The van der Waals surface area contributed by atoms with Crippen molar-refractivity contribution in [2.75, 3.05) is 25.3 Å². The zero-order valence-electron chi connectivity index (χ0n) is 11.3. The smallest absolute Gasteiger partial charge is 0.367 e. The van der Waals surface area contributed by atoms with Gasteiger partial charge in [0.15, 0.2) is 6.35 Å². The van der Waals surface area contributed by atoms with Crippen molar-refractivity contribution in [1.82, 2.24) is 0 Å². The number of ether oxygens (including phenoxy) is 1. The predicted molar refractivity (Wildman–Crippen MR) is 77.3 cm³/mol. The molecule has 0 aliphatic heterocycles. The lowest BCUT2D eigenvalue weighted by molar-refractivity contribution is 0.197. The fraction of sp³-hybridized carbons (Fsp3) is 0.385. The molecule has 5 nitrogen and oxygen atoms in total. The molecule has 0 saturated heterocycles. The predicted octanol–water partition coefficient (Wildman–Crippen LogP) is 3.51. The molecule has 0 aliphatic rings. The van der Waals surface area contributed by atoms with Crippen molar-refractivity contribution < 1.29 is 18.3 Å². The Bertz CT molecular complexity index is 466. The molecule has 0 amide bonds. The Morgan fingerprint density at radius 3 is 2.42 bits per heavy atom. The van der Waals surface area contributed by atoms with Crippen LogP contribution in [-0.2, 0) is 13.6 Å². The molecule has 0 aromatic heterocycles. The van der Waals surface area contributed by atoms with Crippen LogP contribution in [0, 0.1) is 0 Å². The second kappa shape index (κ2) is 7.34. The summed E-state index contributed by atoms with van der Waals surface area (Å²) in [5, 5.41) is 0. The van der Waals surface area contributed by atoms with Crippen molar-refractivity contribution in [1.29, 1.82) is 0 Å². The van der Waals surface area contributed by atoms with E-state index in [1.54, 1.807) is 32.1 Å². The molecule has 1 aromatic carbocycles. The Labute approximate surface area is 113 Å². The molecule has 1 aromatic rings. The molecule has 0 radical (unpaired) electrons. The molecule has 0 heterocycles. The van der Waals surface area contributed by atoms with Crippen molar-refractivity contribution in [2.45, 2.75) is 13.8 Å². The molecular weight excluding hydrogens is 265 g/mol. The molecule has 106 valence electrons. The fourth-order valence-electron chi connectivity index (χ4n) is 1.48. The normalized spacial score (nSPS) is 11.3. The van der Waals surface area contributed by atoms with Gasteiger partial charge in [-0.25, -0.2) is 0 Å². The number of anilines is 1. The van der Waals surface area contributed by atoms with Gasteiger partial charge < -0.3 is 19.5 Å². The Balaban J connectivity index is 2.74. The van der Waals surface area contributed by atoms with Gasteiger partial charge in [0.1, 0.15) is 5.75 Å². The molecule has 1 rings (SSSR count). The van der Waals surface area contributed by atoms with Crippen molar-refractivity contribution in [3.05, 3.63) is 30.3 Å². The van der Waals surface area contributed by atoms with Gasteiger partial charge >= 0.3 is 7.60 Å². The van der Waals surface area contributed by atoms with Crippen LogP contribution in [0.25, 0.3) is 6.08 Å². The monoisotopic (exact) mass is 285 g/mol. The summed E-state index contributed by atoms with van der Waals surface area (Å²) in [7, 11) is -3.22. The Morgan fingerprint density at radius 1 is 1.32 bits per heavy atom. The van der Waals surface area contributed by atoms with Crippen molar-refractivity contribution in [3.8, 4) is 5.75 Å². The quantitative estimate of drug-likeness (QED) is 0.584. The lowest BCUT2D eigenvalue weighted by Gasteiger charge is -2.18. The van der Waals surface area contributed by atoms with E-state index in [4.69, 9.17) is 19.5 Å². The lowest BCUT2D eigenvalue weighted by Crippen LogP contribution is -2.06. The van der Waals surface area contributed by atoms with Gasteiger partial charge in [0.2, 0.25) is 0 Å². The Morgan fingerprint density at radius 2 is 1.95 bits per heavy atom. The van der Waals surface area contributed by atoms with Crippen LogP contribution in [-0.4, -0.2) is 19.6 Å². The van der Waals surface area contributed by atoms with E-state index in [2.05, 4.69) is 6.58 Å². The number of benzene rings is 1. The summed E-state index contributed by atoms with van der Waals surface area (Å²) >= 11 is 0. The van der Waals surface area contributed by atoms with Crippen LogP contribution in [0.5, 0.6) is 5.75 Å². The highest BCUT2D eigenvalue weighted by Gasteiger charge is 2.25. The van der Waals surface area contributed by atoms with Crippen LogP contribution in [0.4, 0.5) is 5.69 Å². The summed E-state index contributed by atoms with van der Waals surface area (Å²) in [4.78, 5) is 0. The first-order chi connectivity index (χ1) is 9.04. The van der Waals surface area contributed by atoms with Gasteiger partial charge in [0.05, 0.1) is 18.9 Å². The third-order valence-electron chi connectivity index (χ3n) is 2.30. The van der Waals surface area contributed by atoms with Gasteiger partial charge in [0.25, 0.3) is 0 Å². The standard InChI is InChI=1S/C13H20NO4P/c1-4-11-7-8-13(12(14)9-11)16-10-19(15,17-5-2)18-6-3/h4,7-9H,1,5-6,10,14H2,2-3H3. The molecular formula is C13H20NO4P. The van der Waals surface area contributed by atoms with E-state index in [1.165, 1.54) is 0 Å². The van der Waals surface area contributed by atoms with Gasteiger partial charge in [-0.1, -0.05) is 18.7 Å². The molecule has 0 bridgehead atoms. The maximum atomic E-state index is 12.2. The molecule has 0 fully saturated rings. The molecule has 0 saturated carbocycles. The van der Waals surface area contributed by atoms with E-state index in [-0.39, 0.29) is 6.35 Å². The molecule has 0 atom stereocenters. The largest absolute Gasteiger partial charge is 0.479 e. The number of hydrogen-bond acceptors (Lipinski definition) is 5. The van der Waals surface area contributed by atoms with Crippen LogP contribution in [0.1, 0.15) is 19.4 Å². The van der Waals surface area contributed by atoms with Gasteiger partial charge in [-0.2, -0.15) is 0 Å². The topological polar surface area (TPSA) is 70.8 Å². The van der Waals surface area contributed by atoms with Crippen LogP contribution in [0.2, 0.25) is 0 Å². The van der Waals surface area contributed by atoms with Gasteiger partial charge in [-0.05, 0) is 31.5 Å². The van der Waals surface area contributed by atoms with Crippen LogP contribution in [0.15, 0.2) is 24.8 Å². The average Bonchev–Trinajstić information content (AvgIpc) is 2.38. The number of rotatable bonds is 8. The number of hydrogen-bond donors (Lipinski definition) is 1. The summed E-state index contributed by atoms with van der Waals surface area (Å²) in [6.45, 7) is 7.75. The summed E-state index contributed by atoms with van der Waals surface area (Å²) < 4.78 is 27.9. The van der Waals surface area contributed by atoms with E-state index in [9.17, 15) is 4.57 Å². The molecule has 0 unspecified atom stereocenters. The van der Waals surface area contributed by atoms with E-state index in [0.29, 0.717) is 24.7 Å². The Hall–Kier alpha value is -1.29. The molecule has 0 spiro atoms. The first kappa shape index (κ1) is 15.8. The van der Waals surface area contributed by atoms with E-state index in [1.807, 2.05) is 6.07 Å². The minimum atomic E-state index is -3.22.